The van der Waals surface area contributed by atoms with Gasteiger partial charge in [0.25, 0.3) is 0 Å². The van der Waals surface area contributed by atoms with Crippen LogP contribution in [0.3, 0.4) is 0 Å². The minimum atomic E-state index is 0.572. The van der Waals surface area contributed by atoms with Crippen LogP contribution in [-0.2, 0) is 6.54 Å². The van der Waals surface area contributed by atoms with Crippen molar-refractivity contribution in [2.45, 2.75) is 32.4 Å². The first kappa shape index (κ1) is 12.1. The van der Waals surface area contributed by atoms with Gasteiger partial charge in [-0.1, -0.05) is 11.6 Å². The Labute approximate surface area is 112 Å². The highest BCUT2D eigenvalue weighted by Crippen LogP contribution is 2.38. The summed E-state index contributed by atoms with van der Waals surface area (Å²) in [6, 6.07) is 4.56. The van der Waals surface area contributed by atoms with Gasteiger partial charge in [-0.05, 0) is 43.4 Å². The Morgan fingerprint density at radius 3 is 2.89 bits per heavy atom. The molecular weight excluding hydrogens is 250 g/mol. The molecule has 0 bridgehead atoms. The molecule has 1 atom stereocenters. The second-order valence-electron chi connectivity index (χ2n) is 5.11. The number of fused-ring (bicyclic) bond motifs is 1. The topological polar surface area (TPSA) is 30.5 Å². The lowest BCUT2D eigenvalue weighted by atomic mass is 10.1. The van der Waals surface area contributed by atoms with E-state index < -0.39 is 0 Å². The van der Waals surface area contributed by atoms with Crippen molar-refractivity contribution in [2.24, 2.45) is 5.92 Å². The van der Waals surface area contributed by atoms with Gasteiger partial charge in [0.2, 0.25) is 0 Å². The zero-order valence-corrected chi connectivity index (χ0v) is 11.3. The number of nitrogens with one attached hydrogen (secondary N) is 1. The summed E-state index contributed by atoms with van der Waals surface area (Å²) in [4.78, 5) is 0. The standard InChI is InChI=1S/C14H18ClNO2/c1-9(11-2-3-11)16-8-10-6-12(15)14-13(7-10)17-4-5-18-14/h6-7,9,11,16H,2-5,8H2,1H3. The highest BCUT2D eigenvalue weighted by atomic mass is 35.5. The molecule has 1 saturated carbocycles. The maximum atomic E-state index is 6.20. The normalized spacial score (nSPS) is 19.7. The Morgan fingerprint density at radius 2 is 2.11 bits per heavy atom. The van der Waals surface area contributed by atoms with Gasteiger partial charge >= 0.3 is 0 Å². The van der Waals surface area contributed by atoms with Gasteiger partial charge in [-0.15, -0.1) is 0 Å². The fraction of sp³-hybridized carbons (Fsp3) is 0.571. The van der Waals surface area contributed by atoms with Gasteiger partial charge in [0.1, 0.15) is 13.2 Å². The van der Waals surface area contributed by atoms with Crippen LogP contribution in [0.2, 0.25) is 5.02 Å². The number of rotatable bonds is 4. The van der Waals surface area contributed by atoms with Crippen molar-refractivity contribution in [3.05, 3.63) is 22.7 Å². The highest BCUT2D eigenvalue weighted by molar-refractivity contribution is 6.32. The van der Waals surface area contributed by atoms with Gasteiger partial charge in [-0.3, -0.25) is 0 Å². The summed E-state index contributed by atoms with van der Waals surface area (Å²) in [5.41, 5.74) is 1.15. The number of ether oxygens (including phenoxy) is 2. The number of halogens is 1. The maximum Gasteiger partial charge on any atom is 0.179 e. The van der Waals surface area contributed by atoms with E-state index in [0.29, 0.717) is 30.0 Å². The van der Waals surface area contributed by atoms with Crippen molar-refractivity contribution in [3.8, 4) is 11.5 Å². The fourth-order valence-electron chi connectivity index (χ4n) is 2.31. The Morgan fingerprint density at radius 1 is 1.33 bits per heavy atom. The molecule has 4 heteroatoms. The van der Waals surface area contributed by atoms with Crippen LogP contribution in [0, 0.1) is 5.92 Å². The van der Waals surface area contributed by atoms with Crippen molar-refractivity contribution in [3.63, 3.8) is 0 Å². The summed E-state index contributed by atoms with van der Waals surface area (Å²) in [6.45, 7) is 4.24. The molecule has 1 aromatic carbocycles. The van der Waals surface area contributed by atoms with E-state index in [1.165, 1.54) is 12.8 Å². The Bertz CT molecular complexity index is 446. The van der Waals surface area contributed by atoms with Crippen LogP contribution in [0.15, 0.2) is 12.1 Å². The zero-order chi connectivity index (χ0) is 12.5. The largest absolute Gasteiger partial charge is 0.486 e. The van der Waals surface area contributed by atoms with Crippen molar-refractivity contribution >= 4 is 11.6 Å². The van der Waals surface area contributed by atoms with Gasteiger partial charge in [0.15, 0.2) is 11.5 Å². The third-order valence-corrected chi connectivity index (χ3v) is 3.89. The third kappa shape index (κ3) is 2.57. The molecule has 0 amide bonds. The van der Waals surface area contributed by atoms with Crippen LogP contribution in [-0.4, -0.2) is 19.3 Å². The first-order valence-corrected chi connectivity index (χ1v) is 6.93. The lowest BCUT2D eigenvalue weighted by Gasteiger charge is -2.21. The molecule has 3 rings (SSSR count). The Balaban J connectivity index is 1.70. The van der Waals surface area contributed by atoms with Gasteiger partial charge in [0, 0.05) is 12.6 Å². The summed E-state index contributed by atoms with van der Waals surface area (Å²) in [6.07, 6.45) is 2.71. The molecule has 98 valence electrons. The van der Waals surface area contributed by atoms with Gasteiger partial charge < -0.3 is 14.8 Å². The average molecular weight is 268 g/mol. The minimum Gasteiger partial charge on any atom is -0.486 e. The quantitative estimate of drug-likeness (QED) is 0.910. The van der Waals surface area contributed by atoms with Crippen molar-refractivity contribution in [1.29, 1.82) is 0 Å². The molecule has 1 aliphatic carbocycles. The predicted molar refractivity (Wildman–Crippen MR) is 71.5 cm³/mol. The summed E-state index contributed by atoms with van der Waals surface area (Å²) in [5, 5.41) is 4.18. The maximum absolute atomic E-state index is 6.20. The molecule has 0 radical (unpaired) electrons. The number of benzene rings is 1. The second kappa shape index (κ2) is 4.98. The highest BCUT2D eigenvalue weighted by Gasteiger charge is 2.27. The van der Waals surface area contributed by atoms with E-state index in [2.05, 4.69) is 12.2 Å². The second-order valence-corrected chi connectivity index (χ2v) is 5.52. The van der Waals surface area contributed by atoms with E-state index in [1.807, 2.05) is 12.1 Å². The molecule has 1 heterocycles. The monoisotopic (exact) mass is 267 g/mol. The smallest absolute Gasteiger partial charge is 0.179 e. The summed E-state index contributed by atoms with van der Waals surface area (Å²) < 4.78 is 11.1. The summed E-state index contributed by atoms with van der Waals surface area (Å²) >= 11 is 6.20. The molecular formula is C14H18ClNO2. The molecule has 1 aromatic rings. The van der Waals surface area contributed by atoms with E-state index in [0.717, 1.165) is 23.8 Å². The first-order chi connectivity index (χ1) is 8.74. The number of hydrogen-bond donors (Lipinski definition) is 1. The van der Waals surface area contributed by atoms with Crippen molar-refractivity contribution in [2.75, 3.05) is 13.2 Å². The molecule has 1 N–H and O–H groups in total. The minimum absolute atomic E-state index is 0.572. The first-order valence-electron chi connectivity index (χ1n) is 6.55. The molecule has 3 nitrogen and oxygen atoms in total. The summed E-state index contributed by atoms with van der Waals surface area (Å²) in [5.74, 6) is 2.31. The fourth-order valence-corrected chi connectivity index (χ4v) is 2.60. The molecule has 2 aliphatic rings. The molecule has 18 heavy (non-hydrogen) atoms. The zero-order valence-electron chi connectivity index (χ0n) is 10.5. The molecule has 0 spiro atoms. The van der Waals surface area contributed by atoms with Crippen LogP contribution in [0.5, 0.6) is 11.5 Å². The van der Waals surface area contributed by atoms with Crippen LogP contribution in [0.4, 0.5) is 0 Å². The van der Waals surface area contributed by atoms with Gasteiger partial charge in [-0.25, -0.2) is 0 Å². The summed E-state index contributed by atoms with van der Waals surface area (Å²) in [7, 11) is 0. The molecule has 1 unspecified atom stereocenters. The molecule has 0 aromatic heterocycles. The van der Waals surface area contributed by atoms with Crippen molar-refractivity contribution < 1.29 is 9.47 Å². The van der Waals surface area contributed by atoms with E-state index in [4.69, 9.17) is 21.1 Å². The SMILES string of the molecule is CC(NCc1cc(Cl)c2c(c1)OCCO2)C1CC1. The van der Waals surface area contributed by atoms with Gasteiger partial charge in [-0.2, -0.15) is 0 Å². The van der Waals surface area contributed by atoms with Crippen LogP contribution < -0.4 is 14.8 Å². The molecule has 1 aliphatic heterocycles. The van der Waals surface area contributed by atoms with E-state index in [1.54, 1.807) is 0 Å². The number of hydrogen-bond acceptors (Lipinski definition) is 3. The molecule has 0 saturated heterocycles. The van der Waals surface area contributed by atoms with E-state index >= 15 is 0 Å². The lowest BCUT2D eigenvalue weighted by Crippen LogP contribution is -2.27. The van der Waals surface area contributed by atoms with Gasteiger partial charge in [0.05, 0.1) is 5.02 Å². The van der Waals surface area contributed by atoms with Crippen LogP contribution >= 0.6 is 11.6 Å². The lowest BCUT2D eigenvalue weighted by molar-refractivity contribution is 0.171. The Kier molecular flexibility index (Phi) is 3.35. The van der Waals surface area contributed by atoms with Crippen LogP contribution in [0.1, 0.15) is 25.3 Å². The van der Waals surface area contributed by atoms with Crippen LogP contribution in [0.25, 0.3) is 0 Å². The van der Waals surface area contributed by atoms with E-state index in [-0.39, 0.29) is 0 Å². The third-order valence-electron chi connectivity index (χ3n) is 3.61. The molecule has 1 fully saturated rings. The Hall–Kier alpha value is -0.930. The van der Waals surface area contributed by atoms with Crippen molar-refractivity contribution in [1.82, 2.24) is 5.32 Å². The van der Waals surface area contributed by atoms with E-state index in [9.17, 15) is 0 Å². The average Bonchev–Trinajstić information content (AvgIpc) is 3.20. The predicted octanol–water partition coefficient (Wildman–Crippen LogP) is 3.00.